The number of aromatic nitrogens is 2. The van der Waals surface area contributed by atoms with Crippen LogP contribution in [0.4, 0.5) is 0 Å². The van der Waals surface area contributed by atoms with Crippen molar-refractivity contribution >= 4 is 5.78 Å². The Balaban J connectivity index is 3.21. The first-order valence-electron chi connectivity index (χ1n) is 4.07. The second kappa shape index (κ2) is 3.09. The van der Waals surface area contributed by atoms with Crippen molar-refractivity contribution in [1.29, 1.82) is 0 Å². The SMILES string of the molecule is CC(=O)c1c(C(C)C)cnn1C. The standard InChI is InChI=1S/C9H14N2O/c1-6(2)8-5-10-11(4)9(8)7(3)12/h5-6H,1-4H3. The molecule has 0 aliphatic rings. The second-order valence-electron chi connectivity index (χ2n) is 3.28. The molecular formula is C9H14N2O. The van der Waals surface area contributed by atoms with Gasteiger partial charge in [-0.05, 0) is 5.92 Å². The largest absolute Gasteiger partial charge is 0.293 e. The molecule has 1 aromatic rings. The van der Waals surface area contributed by atoms with Crippen LogP contribution >= 0.6 is 0 Å². The first-order chi connectivity index (χ1) is 5.54. The molecule has 0 atom stereocenters. The quantitative estimate of drug-likeness (QED) is 0.627. The van der Waals surface area contributed by atoms with Crippen molar-refractivity contribution in [2.45, 2.75) is 26.7 Å². The molecular weight excluding hydrogens is 152 g/mol. The van der Waals surface area contributed by atoms with Crippen LogP contribution in [0.5, 0.6) is 0 Å². The highest BCUT2D eigenvalue weighted by atomic mass is 16.1. The van der Waals surface area contributed by atoms with Crippen molar-refractivity contribution in [3.63, 3.8) is 0 Å². The average Bonchev–Trinajstić information content (AvgIpc) is 2.30. The third kappa shape index (κ3) is 1.40. The molecule has 0 aliphatic heterocycles. The molecule has 3 heteroatoms. The van der Waals surface area contributed by atoms with Crippen LogP contribution in [0.15, 0.2) is 6.20 Å². The number of rotatable bonds is 2. The third-order valence-corrected chi connectivity index (χ3v) is 1.92. The monoisotopic (exact) mass is 166 g/mol. The van der Waals surface area contributed by atoms with E-state index in [0.717, 1.165) is 11.3 Å². The van der Waals surface area contributed by atoms with Gasteiger partial charge in [-0.15, -0.1) is 0 Å². The second-order valence-corrected chi connectivity index (χ2v) is 3.28. The van der Waals surface area contributed by atoms with Gasteiger partial charge in [0, 0.05) is 19.5 Å². The molecule has 1 heterocycles. The predicted molar refractivity (Wildman–Crippen MR) is 47.3 cm³/mol. The number of Topliss-reactive ketones (excluding diaryl/α,β-unsaturated/α-hetero) is 1. The highest BCUT2D eigenvalue weighted by Gasteiger charge is 2.14. The van der Waals surface area contributed by atoms with Crippen molar-refractivity contribution in [2.24, 2.45) is 7.05 Å². The van der Waals surface area contributed by atoms with Crippen LogP contribution < -0.4 is 0 Å². The van der Waals surface area contributed by atoms with Crippen LogP contribution in [0.25, 0.3) is 0 Å². The molecule has 0 saturated carbocycles. The van der Waals surface area contributed by atoms with E-state index in [9.17, 15) is 4.79 Å². The topological polar surface area (TPSA) is 34.9 Å². The van der Waals surface area contributed by atoms with E-state index in [1.54, 1.807) is 24.9 Å². The lowest BCUT2D eigenvalue weighted by Crippen LogP contribution is -2.06. The van der Waals surface area contributed by atoms with Crippen LogP contribution in [-0.4, -0.2) is 15.6 Å². The Bertz CT molecular complexity index is 299. The summed E-state index contributed by atoms with van der Waals surface area (Å²) < 4.78 is 1.64. The Morgan fingerprint density at radius 1 is 1.58 bits per heavy atom. The van der Waals surface area contributed by atoms with E-state index in [2.05, 4.69) is 18.9 Å². The molecule has 0 radical (unpaired) electrons. The Hall–Kier alpha value is -1.12. The van der Waals surface area contributed by atoms with Gasteiger partial charge in [0.1, 0.15) is 5.69 Å². The van der Waals surface area contributed by atoms with E-state index in [1.165, 1.54) is 0 Å². The minimum Gasteiger partial charge on any atom is -0.293 e. The summed E-state index contributed by atoms with van der Waals surface area (Å²) in [5.74, 6) is 0.441. The maximum absolute atomic E-state index is 11.2. The van der Waals surface area contributed by atoms with Gasteiger partial charge in [-0.3, -0.25) is 9.48 Å². The number of ketones is 1. The van der Waals surface area contributed by atoms with Crippen molar-refractivity contribution < 1.29 is 4.79 Å². The van der Waals surface area contributed by atoms with Gasteiger partial charge in [0.2, 0.25) is 0 Å². The van der Waals surface area contributed by atoms with Crippen molar-refractivity contribution in [3.8, 4) is 0 Å². The molecule has 1 rings (SSSR count). The van der Waals surface area contributed by atoms with Gasteiger partial charge in [-0.1, -0.05) is 13.8 Å². The molecule has 3 nitrogen and oxygen atoms in total. The van der Waals surface area contributed by atoms with Crippen LogP contribution in [0.2, 0.25) is 0 Å². The average molecular weight is 166 g/mol. The van der Waals surface area contributed by atoms with Crippen molar-refractivity contribution in [3.05, 3.63) is 17.5 Å². The number of aryl methyl sites for hydroxylation is 1. The smallest absolute Gasteiger partial charge is 0.178 e. The maximum atomic E-state index is 11.2. The van der Waals surface area contributed by atoms with E-state index in [0.29, 0.717) is 5.92 Å². The number of hydrogen-bond donors (Lipinski definition) is 0. The summed E-state index contributed by atoms with van der Waals surface area (Å²) in [6, 6.07) is 0. The van der Waals surface area contributed by atoms with Crippen LogP contribution in [0.3, 0.4) is 0 Å². The predicted octanol–water partition coefficient (Wildman–Crippen LogP) is 1.75. The minimum absolute atomic E-state index is 0.0821. The molecule has 0 N–H and O–H groups in total. The molecule has 1 aromatic heterocycles. The Labute approximate surface area is 72.4 Å². The Kier molecular flexibility index (Phi) is 2.31. The fourth-order valence-electron chi connectivity index (χ4n) is 1.31. The van der Waals surface area contributed by atoms with Crippen LogP contribution in [0, 0.1) is 0 Å². The fourth-order valence-corrected chi connectivity index (χ4v) is 1.31. The minimum atomic E-state index is 0.0821. The van der Waals surface area contributed by atoms with Gasteiger partial charge in [0.15, 0.2) is 5.78 Å². The Morgan fingerprint density at radius 2 is 2.17 bits per heavy atom. The molecule has 0 aliphatic carbocycles. The van der Waals surface area contributed by atoms with Crippen molar-refractivity contribution in [2.75, 3.05) is 0 Å². The molecule has 0 saturated heterocycles. The normalized spacial score (nSPS) is 10.8. The summed E-state index contributed by atoms with van der Waals surface area (Å²) in [6.45, 7) is 5.69. The molecule has 66 valence electrons. The number of carbonyl (C=O) groups is 1. The highest BCUT2D eigenvalue weighted by molar-refractivity contribution is 5.93. The molecule has 0 aromatic carbocycles. The lowest BCUT2D eigenvalue weighted by Gasteiger charge is -2.04. The van der Waals surface area contributed by atoms with E-state index in [4.69, 9.17) is 0 Å². The maximum Gasteiger partial charge on any atom is 0.178 e. The molecule has 0 amide bonds. The fraction of sp³-hybridized carbons (Fsp3) is 0.556. The molecule has 0 fully saturated rings. The zero-order chi connectivity index (χ0) is 9.30. The number of hydrogen-bond acceptors (Lipinski definition) is 2. The molecule has 0 unspecified atom stereocenters. The van der Waals surface area contributed by atoms with Crippen molar-refractivity contribution in [1.82, 2.24) is 9.78 Å². The summed E-state index contributed by atoms with van der Waals surface area (Å²) in [6.07, 6.45) is 1.77. The first-order valence-corrected chi connectivity index (χ1v) is 4.07. The highest BCUT2D eigenvalue weighted by Crippen LogP contribution is 2.18. The first kappa shape index (κ1) is 8.97. The van der Waals surface area contributed by atoms with Gasteiger partial charge < -0.3 is 0 Å². The summed E-state index contributed by atoms with van der Waals surface area (Å²) >= 11 is 0. The summed E-state index contributed by atoms with van der Waals surface area (Å²) in [7, 11) is 1.79. The number of nitrogens with zero attached hydrogens (tertiary/aromatic N) is 2. The Morgan fingerprint density at radius 3 is 2.50 bits per heavy atom. The number of carbonyl (C=O) groups excluding carboxylic acids is 1. The van der Waals surface area contributed by atoms with Gasteiger partial charge in [0.05, 0.1) is 6.20 Å². The molecule has 12 heavy (non-hydrogen) atoms. The third-order valence-electron chi connectivity index (χ3n) is 1.92. The van der Waals surface area contributed by atoms with E-state index < -0.39 is 0 Å². The van der Waals surface area contributed by atoms with Gasteiger partial charge in [-0.25, -0.2) is 0 Å². The summed E-state index contributed by atoms with van der Waals surface area (Å²) in [5.41, 5.74) is 1.76. The van der Waals surface area contributed by atoms with Gasteiger partial charge in [-0.2, -0.15) is 5.10 Å². The zero-order valence-corrected chi connectivity index (χ0v) is 7.96. The lowest BCUT2D eigenvalue weighted by atomic mass is 10.0. The summed E-state index contributed by atoms with van der Waals surface area (Å²) in [4.78, 5) is 11.2. The van der Waals surface area contributed by atoms with E-state index in [-0.39, 0.29) is 5.78 Å². The zero-order valence-electron chi connectivity index (χ0n) is 7.96. The molecule has 0 spiro atoms. The van der Waals surface area contributed by atoms with Crippen LogP contribution in [0.1, 0.15) is 42.7 Å². The lowest BCUT2D eigenvalue weighted by molar-refractivity contribution is 0.100. The van der Waals surface area contributed by atoms with Gasteiger partial charge in [0.25, 0.3) is 0 Å². The summed E-state index contributed by atoms with van der Waals surface area (Å²) in [5, 5.41) is 4.05. The van der Waals surface area contributed by atoms with E-state index >= 15 is 0 Å². The van der Waals surface area contributed by atoms with Crippen LogP contribution in [-0.2, 0) is 7.05 Å². The molecule has 0 bridgehead atoms. The van der Waals surface area contributed by atoms with E-state index in [1.807, 2.05) is 0 Å². The van der Waals surface area contributed by atoms with Gasteiger partial charge >= 0.3 is 0 Å².